The van der Waals surface area contributed by atoms with Crippen molar-refractivity contribution in [3.63, 3.8) is 0 Å². The van der Waals surface area contributed by atoms with Gasteiger partial charge >= 0.3 is 0 Å². The van der Waals surface area contributed by atoms with E-state index in [1.54, 1.807) is 20.4 Å². The molecular formula is C22H25N3O3. The van der Waals surface area contributed by atoms with Gasteiger partial charge in [-0.25, -0.2) is 0 Å². The second kappa shape index (κ2) is 7.94. The van der Waals surface area contributed by atoms with E-state index in [4.69, 9.17) is 9.47 Å². The van der Waals surface area contributed by atoms with E-state index in [9.17, 15) is 4.79 Å². The smallest absolute Gasteiger partial charge is 0.178 e. The van der Waals surface area contributed by atoms with Crippen LogP contribution in [0, 0.1) is 0 Å². The molecule has 4 rings (SSSR count). The fourth-order valence-corrected chi connectivity index (χ4v) is 3.78. The van der Waals surface area contributed by atoms with Crippen molar-refractivity contribution in [1.82, 2.24) is 9.88 Å². The van der Waals surface area contributed by atoms with Crippen LogP contribution in [0.25, 0.3) is 10.9 Å². The summed E-state index contributed by atoms with van der Waals surface area (Å²) < 4.78 is 10.8. The summed E-state index contributed by atoms with van der Waals surface area (Å²) in [5, 5.41) is 0.914. The molecule has 1 saturated heterocycles. The van der Waals surface area contributed by atoms with Crippen LogP contribution in [0.4, 0.5) is 5.69 Å². The van der Waals surface area contributed by atoms with Gasteiger partial charge in [0.25, 0.3) is 0 Å². The summed E-state index contributed by atoms with van der Waals surface area (Å²) in [6, 6.07) is 13.8. The van der Waals surface area contributed by atoms with Crippen LogP contribution in [0.3, 0.4) is 0 Å². The number of nitrogens with one attached hydrogen (secondary N) is 1. The van der Waals surface area contributed by atoms with Crippen molar-refractivity contribution >= 4 is 22.4 Å². The molecule has 0 unspecified atom stereocenters. The van der Waals surface area contributed by atoms with E-state index in [0.29, 0.717) is 6.54 Å². The Morgan fingerprint density at radius 2 is 1.82 bits per heavy atom. The number of ether oxygens (including phenoxy) is 2. The summed E-state index contributed by atoms with van der Waals surface area (Å²) in [5.41, 5.74) is 2.78. The normalized spacial score (nSPS) is 15.0. The van der Waals surface area contributed by atoms with Gasteiger partial charge in [0.1, 0.15) is 11.5 Å². The number of rotatable bonds is 6. The van der Waals surface area contributed by atoms with Crippen LogP contribution in [0.2, 0.25) is 0 Å². The maximum Gasteiger partial charge on any atom is 0.178 e. The zero-order valence-corrected chi connectivity index (χ0v) is 16.3. The van der Waals surface area contributed by atoms with Crippen molar-refractivity contribution in [2.24, 2.45) is 0 Å². The van der Waals surface area contributed by atoms with Gasteiger partial charge < -0.3 is 19.4 Å². The molecule has 0 amide bonds. The summed E-state index contributed by atoms with van der Waals surface area (Å²) in [6.07, 6.45) is 1.80. The molecule has 0 atom stereocenters. The molecule has 0 spiro atoms. The van der Waals surface area contributed by atoms with Crippen molar-refractivity contribution in [2.75, 3.05) is 51.8 Å². The highest BCUT2D eigenvalue weighted by atomic mass is 16.5. The SMILES string of the molecule is COc1ccc2[nH]cc(C(=O)CN3CCN(c4ccccc4OC)CC3)c2c1. The van der Waals surface area contributed by atoms with Crippen LogP contribution in [0.5, 0.6) is 11.5 Å². The maximum absolute atomic E-state index is 12.9. The lowest BCUT2D eigenvalue weighted by Gasteiger charge is -2.36. The molecule has 2 aromatic carbocycles. The number of aromatic amines is 1. The quantitative estimate of drug-likeness (QED) is 0.667. The van der Waals surface area contributed by atoms with E-state index < -0.39 is 0 Å². The van der Waals surface area contributed by atoms with Gasteiger partial charge in [0.05, 0.1) is 26.5 Å². The highest BCUT2D eigenvalue weighted by Crippen LogP contribution is 2.28. The second-order valence-electron chi connectivity index (χ2n) is 6.97. The van der Waals surface area contributed by atoms with E-state index in [1.807, 2.05) is 36.4 Å². The zero-order chi connectivity index (χ0) is 19.5. The molecule has 0 saturated carbocycles. The fourth-order valence-electron chi connectivity index (χ4n) is 3.78. The average Bonchev–Trinajstić information content (AvgIpc) is 3.17. The highest BCUT2D eigenvalue weighted by Gasteiger charge is 2.22. The Morgan fingerprint density at radius 1 is 1.04 bits per heavy atom. The van der Waals surface area contributed by atoms with Crippen LogP contribution < -0.4 is 14.4 Å². The van der Waals surface area contributed by atoms with Crippen molar-refractivity contribution in [1.29, 1.82) is 0 Å². The monoisotopic (exact) mass is 379 g/mol. The number of hydrogen-bond acceptors (Lipinski definition) is 5. The summed E-state index contributed by atoms with van der Waals surface area (Å²) in [6.45, 7) is 3.85. The molecule has 0 radical (unpaired) electrons. The Labute approximate surface area is 164 Å². The number of H-pyrrole nitrogens is 1. The maximum atomic E-state index is 12.9. The van der Waals surface area contributed by atoms with Crippen LogP contribution in [0.1, 0.15) is 10.4 Å². The first-order valence-corrected chi connectivity index (χ1v) is 9.48. The molecule has 6 nitrogen and oxygen atoms in total. The van der Waals surface area contributed by atoms with Crippen molar-refractivity contribution in [3.05, 3.63) is 54.2 Å². The van der Waals surface area contributed by atoms with Gasteiger partial charge in [0, 0.05) is 48.8 Å². The minimum absolute atomic E-state index is 0.130. The third-order valence-electron chi connectivity index (χ3n) is 5.35. The lowest BCUT2D eigenvalue weighted by molar-refractivity contribution is 0.0928. The molecule has 1 aromatic heterocycles. The molecule has 1 aliphatic heterocycles. The molecule has 1 fully saturated rings. The summed E-state index contributed by atoms with van der Waals surface area (Å²) in [5.74, 6) is 1.77. The third kappa shape index (κ3) is 3.55. The Bertz CT molecular complexity index is 974. The van der Waals surface area contributed by atoms with Crippen LogP contribution in [-0.2, 0) is 0 Å². The number of para-hydroxylation sites is 2. The van der Waals surface area contributed by atoms with Gasteiger partial charge in [0.15, 0.2) is 5.78 Å². The van der Waals surface area contributed by atoms with Crippen molar-refractivity contribution in [3.8, 4) is 11.5 Å². The zero-order valence-electron chi connectivity index (χ0n) is 16.3. The van der Waals surface area contributed by atoms with Crippen LogP contribution in [0.15, 0.2) is 48.7 Å². The van der Waals surface area contributed by atoms with Gasteiger partial charge in [-0.1, -0.05) is 12.1 Å². The molecule has 3 aromatic rings. The van der Waals surface area contributed by atoms with Crippen LogP contribution in [-0.4, -0.2) is 62.6 Å². The largest absolute Gasteiger partial charge is 0.497 e. The van der Waals surface area contributed by atoms with Gasteiger partial charge in [-0.05, 0) is 30.3 Å². The summed E-state index contributed by atoms with van der Waals surface area (Å²) in [4.78, 5) is 20.6. The number of nitrogens with zero attached hydrogens (tertiary/aromatic N) is 2. The molecule has 6 heteroatoms. The number of anilines is 1. The number of piperazine rings is 1. The number of benzene rings is 2. The molecule has 1 aliphatic rings. The van der Waals surface area contributed by atoms with E-state index >= 15 is 0 Å². The lowest BCUT2D eigenvalue weighted by atomic mass is 10.1. The van der Waals surface area contributed by atoms with Crippen molar-refractivity contribution in [2.45, 2.75) is 0 Å². The Kier molecular flexibility index (Phi) is 5.21. The molecular weight excluding hydrogens is 354 g/mol. The number of Topliss-reactive ketones (excluding diaryl/α,β-unsaturated/α-hetero) is 1. The fraction of sp³-hybridized carbons (Fsp3) is 0.318. The van der Waals surface area contributed by atoms with Crippen molar-refractivity contribution < 1.29 is 14.3 Å². The number of ketones is 1. The number of fused-ring (bicyclic) bond motifs is 1. The molecule has 1 N–H and O–H groups in total. The Hall–Kier alpha value is -2.99. The van der Waals surface area contributed by atoms with E-state index in [-0.39, 0.29) is 5.78 Å². The van der Waals surface area contributed by atoms with E-state index in [2.05, 4.69) is 20.9 Å². The van der Waals surface area contributed by atoms with Gasteiger partial charge in [-0.15, -0.1) is 0 Å². The minimum atomic E-state index is 0.130. The first-order valence-electron chi connectivity index (χ1n) is 9.48. The number of hydrogen-bond donors (Lipinski definition) is 1. The predicted octanol–water partition coefficient (Wildman–Crippen LogP) is 3.19. The number of carbonyl (C=O) groups excluding carboxylic acids is 1. The third-order valence-corrected chi connectivity index (χ3v) is 5.35. The first-order chi connectivity index (χ1) is 13.7. The van der Waals surface area contributed by atoms with Crippen LogP contribution >= 0.6 is 0 Å². The number of carbonyl (C=O) groups is 1. The average molecular weight is 379 g/mol. The molecule has 0 bridgehead atoms. The molecule has 28 heavy (non-hydrogen) atoms. The topological polar surface area (TPSA) is 57.8 Å². The Morgan fingerprint density at radius 3 is 2.57 bits per heavy atom. The van der Waals surface area contributed by atoms with E-state index in [1.165, 1.54) is 0 Å². The molecule has 0 aliphatic carbocycles. The minimum Gasteiger partial charge on any atom is -0.497 e. The standard InChI is InChI=1S/C22H25N3O3/c1-27-16-7-8-19-17(13-16)18(14-23-19)21(26)15-24-9-11-25(12-10-24)20-5-3-4-6-22(20)28-2/h3-8,13-14,23H,9-12,15H2,1-2H3. The lowest BCUT2D eigenvalue weighted by Crippen LogP contribution is -2.48. The Balaban J connectivity index is 1.42. The van der Waals surface area contributed by atoms with Gasteiger partial charge in [-0.2, -0.15) is 0 Å². The highest BCUT2D eigenvalue weighted by molar-refractivity contribution is 6.09. The summed E-state index contributed by atoms with van der Waals surface area (Å²) >= 11 is 0. The number of methoxy groups -OCH3 is 2. The second-order valence-corrected chi connectivity index (χ2v) is 6.97. The number of aromatic nitrogens is 1. The van der Waals surface area contributed by atoms with E-state index in [0.717, 1.165) is 59.8 Å². The van der Waals surface area contributed by atoms with Gasteiger partial charge in [0.2, 0.25) is 0 Å². The first kappa shape index (κ1) is 18.4. The molecule has 2 heterocycles. The molecule has 146 valence electrons. The predicted molar refractivity (Wildman–Crippen MR) is 111 cm³/mol. The summed E-state index contributed by atoms with van der Waals surface area (Å²) in [7, 11) is 3.33. The van der Waals surface area contributed by atoms with Gasteiger partial charge in [-0.3, -0.25) is 9.69 Å².